The minimum Gasteiger partial charge on any atom is -0.374 e. The number of nitrogen functional groups attached to an aromatic ring is 1. The van der Waals surface area contributed by atoms with Crippen molar-refractivity contribution in [1.82, 2.24) is 25.1 Å². The van der Waals surface area contributed by atoms with Gasteiger partial charge in [-0.2, -0.15) is 0 Å². The predicted octanol–water partition coefficient (Wildman–Crippen LogP) is 0.661. The Labute approximate surface area is 118 Å². The fraction of sp³-hybridized carbons (Fsp3) is 0.300. The Morgan fingerprint density at radius 3 is 2.95 bits per heavy atom. The van der Waals surface area contributed by atoms with E-state index in [0.29, 0.717) is 21.8 Å². The predicted molar refractivity (Wildman–Crippen MR) is 73.6 cm³/mol. The lowest BCUT2D eigenvalue weighted by Crippen LogP contribution is -2.28. The number of anilines is 1. The summed E-state index contributed by atoms with van der Waals surface area (Å²) in [6.45, 7) is 0.436. The number of carbonyl (C=O) groups excluding carboxylic acids is 1. The van der Waals surface area contributed by atoms with Crippen molar-refractivity contribution in [3.05, 3.63) is 24.3 Å². The summed E-state index contributed by atoms with van der Waals surface area (Å²) in [5.41, 5.74) is 6.22. The average Bonchev–Trinajstić information content (AvgIpc) is 2.83. The summed E-state index contributed by atoms with van der Waals surface area (Å²) in [7, 11) is 1.73. The Hall–Kier alpha value is -1.74. The normalized spacial score (nSPS) is 10.4. The largest absolute Gasteiger partial charge is 0.374 e. The number of hydrogen-bond donors (Lipinski definition) is 1. The van der Waals surface area contributed by atoms with Crippen molar-refractivity contribution in [3.63, 3.8) is 0 Å². The van der Waals surface area contributed by atoms with Crippen LogP contribution in [0.15, 0.2) is 22.9 Å². The number of aromatic nitrogens is 4. The molecule has 0 saturated carbocycles. The van der Waals surface area contributed by atoms with Crippen LogP contribution in [0, 0.1) is 0 Å². The van der Waals surface area contributed by atoms with Crippen molar-refractivity contribution in [2.24, 2.45) is 0 Å². The highest BCUT2D eigenvalue weighted by Gasteiger charge is 2.12. The van der Waals surface area contributed by atoms with Gasteiger partial charge in [0, 0.05) is 19.4 Å². The first-order valence-electron chi connectivity index (χ1n) is 5.36. The summed E-state index contributed by atoms with van der Waals surface area (Å²) in [4.78, 5) is 21.6. The summed E-state index contributed by atoms with van der Waals surface area (Å²) < 4.78 is 0.693. The summed E-state index contributed by atoms with van der Waals surface area (Å²) in [5, 5.41) is 7.94. The quantitative estimate of drug-likeness (QED) is 0.809. The molecule has 1 amide bonds. The molecule has 0 atom stereocenters. The van der Waals surface area contributed by atoms with Gasteiger partial charge in [0.25, 0.3) is 0 Å². The van der Waals surface area contributed by atoms with Gasteiger partial charge in [0.1, 0.15) is 0 Å². The van der Waals surface area contributed by atoms with Crippen LogP contribution >= 0.6 is 23.1 Å². The zero-order valence-electron chi connectivity index (χ0n) is 10.2. The molecule has 0 aromatic carbocycles. The molecule has 2 aromatic rings. The summed E-state index contributed by atoms with van der Waals surface area (Å²) in [6, 6.07) is 0. The van der Waals surface area contributed by atoms with Crippen molar-refractivity contribution in [1.29, 1.82) is 0 Å². The van der Waals surface area contributed by atoms with E-state index < -0.39 is 0 Å². The Kier molecular flexibility index (Phi) is 4.63. The second-order valence-corrected chi connectivity index (χ2v) is 5.87. The van der Waals surface area contributed by atoms with E-state index in [4.69, 9.17) is 5.73 Å². The van der Waals surface area contributed by atoms with Crippen LogP contribution in [0.25, 0.3) is 0 Å². The third kappa shape index (κ3) is 4.14. The number of nitrogens with zero attached hydrogens (tertiary/aromatic N) is 5. The van der Waals surface area contributed by atoms with Crippen LogP contribution < -0.4 is 5.73 Å². The van der Waals surface area contributed by atoms with E-state index in [2.05, 4.69) is 20.2 Å². The fourth-order valence-electron chi connectivity index (χ4n) is 1.26. The van der Waals surface area contributed by atoms with Gasteiger partial charge < -0.3 is 10.6 Å². The molecule has 0 spiro atoms. The number of amides is 1. The van der Waals surface area contributed by atoms with Crippen molar-refractivity contribution < 1.29 is 4.79 Å². The molecule has 0 saturated heterocycles. The SMILES string of the molecule is CN(Cc1cnccn1)C(=O)CSc1nnc(N)s1. The van der Waals surface area contributed by atoms with Crippen molar-refractivity contribution in [3.8, 4) is 0 Å². The van der Waals surface area contributed by atoms with Crippen LogP contribution in [0.1, 0.15) is 5.69 Å². The highest BCUT2D eigenvalue weighted by Crippen LogP contribution is 2.23. The number of carbonyl (C=O) groups is 1. The maximum absolute atomic E-state index is 11.9. The van der Waals surface area contributed by atoms with Crippen LogP contribution in [0.3, 0.4) is 0 Å². The van der Waals surface area contributed by atoms with Crippen LogP contribution in [0.2, 0.25) is 0 Å². The molecular formula is C10H12N6OS2. The van der Waals surface area contributed by atoms with E-state index in [1.54, 1.807) is 30.5 Å². The molecule has 2 aromatic heterocycles. The summed E-state index contributed by atoms with van der Waals surface area (Å²) in [6.07, 6.45) is 4.84. The standard InChI is InChI=1S/C10H12N6OS2/c1-16(5-7-4-12-2-3-13-7)8(17)6-18-10-15-14-9(11)19-10/h2-4H,5-6H2,1H3,(H2,11,14). The number of nitrogens with two attached hydrogens (primary N) is 1. The van der Waals surface area contributed by atoms with Crippen molar-refractivity contribution in [2.75, 3.05) is 18.5 Å². The Morgan fingerprint density at radius 1 is 1.47 bits per heavy atom. The number of hydrogen-bond acceptors (Lipinski definition) is 8. The molecule has 100 valence electrons. The maximum Gasteiger partial charge on any atom is 0.233 e. The molecule has 7 nitrogen and oxygen atoms in total. The molecule has 0 aliphatic carbocycles. The Bertz CT molecular complexity index is 546. The summed E-state index contributed by atoms with van der Waals surface area (Å²) >= 11 is 2.60. The molecule has 2 heterocycles. The van der Waals surface area contributed by atoms with Gasteiger partial charge in [0.15, 0.2) is 4.34 Å². The third-order valence-corrected chi connectivity index (χ3v) is 4.05. The van der Waals surface area contributed by atoms with Gasteiger partial charge in [-0.1, -0.05) is 23.1 Å². The van der Waals surface area contributed by atoms with Gasteiger partial charge in [0.05, 0.1) is 24.2 Å². The molecule has 9 heteroatoms. The Morgan fingerprint density at radius 2 is 2.32 bits per heavy atom. The zero-order chi connectivity index (χ0) is 13.7. The molecule has 0 aliphatic heterocycles. The fourth-order valence-corrected chi connectivity index (χ4v) is 2.83. The Balaban J connectivity index is 1.82. The van der Waals surface area contributed by atoms with Crippen LogP contribution in [-0.2, 0) is 11.3 Å². The first kappa shape index (κ1) is 13.7. The first-order valence-corrected chi connectivity index (χ1v) is 7.16. The van der Waals surface area contributed by atoms with Gasteiger partial charge in [-0.3, -0.25) is 14.8 Å². The third-order valence-electron chi connectivity index (χ3n) is 2.18. The highest BCUT2D eigenvalue weighted by atomic mass is 32.2. The van der Waals surface area contributed by atoms with E-state index in [-0.39, 0.29) is 5.91 Å². The lowest BCUT2D eigenvalue weighted by atomic mass is 10.4. The maximum atomic E-state index is 11.9. The first-order chi connectivity index (χ1) is 9.15. The minimum absolute atomic E-state index is 0.00979. The van der Waals surface area contributed by atoms with Gasteiger partial charge in [-0.15, -0.1) is 10.2 Å². The molecule has 0 radical (unpaired) electrons. The number of rotatable bonds is 5. The van der Waals surface area contributed by atoms with Gasteiger partial charge in [-0.25, -0.2) is 0 Å². The van der Waals surface area contributed by atoms with E-state index in [1.165, 1.54) is 23.1 Å². The van der Waals surface area contributed by atoms with Crippen molar-refractivity contribution >= 4 is 34.1 Å². The van der Waals surface area contributed by atoms with Gasteiger partial charge in [-0.05, 0) is 0 Å². The molecule has 0 fully saturated rings. The molecular weight excluding hydrogens is 284 g/mol. The van der Waals surface area contributed by atoms with Crippen LogP contribution in [0.5, 0.6) is 0 Å². The molecule has 0 unspecified atom stereocenters. The lowest BCUT2D eigenvalue weighted by Gasteiger charge is -2.15. The van der Waals surface area contributed by atoms with E-state index >= 15 is 0 Å². The average molecular weight is 296 g/mol. The molecule has 19 heavy (non-hydrogen) atoms. The van der Waals surface area contributed by atoms with E-state index in [0.717, 1.165) is 5.69 Å². The molecule has 0 aliphatic rings. The van der Waals surface area contributed by atoms with Crippen molar-refractivity contribution in [2.45, 2.75) is 10.9 Å². The molecule has 0 bridgehead atoms. The minimum atomic E-state index is -0.00979. The monoisotopic (exact) mass is 296 g/mol. The second kappa shape index (κ2) is 6.43. The van der Waals surface area contributed by atoms with Gasteiger partial charge in [0.2, 0.25) is 11.0 Å². The van der Waals surface area contributed by atoms with E-state index in [1.807, 2.05) is 0 Å². The van der Waals surface area contributed by atoms with E-state index in [9.17, 15) is 4.79 Å². The molecule has 2 rings (SSSR count). The lowest BCUT2D eigenvalue weighted by molar-refractivity contribution is -0.127. The number of thioether (sulfide) groups is 1. The summed E-state index contributed by atoms with van der Waals surface area (Å²) in [5.74, 6) is 0.287. The van der Waals surface area contributed by atoms with Crippen LogP contribution in [-0.4, -0.2) is 43.8 Å². The van der Waals surface area contributed by atoms with Crippen LogP contribution in [0.4, 0.5) is 5.13 Å². The second-order valence-electron chi connectivity index (χ2n) is 3.64. The topological polar surface area (TPSA) is 97.9 Å². The molecule has 2 N–H and O–H groups in total. The highest BCUT2D eigenvalue weighted by molar-refractivity contribution is 8.01. The van der Waals surface area contributed by atoms with Gasteiger partial charge >= 0.3 is 0 Å². The smallest absolute Gasteiger partial charge is 0.233 e. The zero-order valence-corrected chi connectivity index (χ0v) is 11.8.